The molecule has 0 aromatic heterocycles. The maximum atomic E-state index is 10.3. The number of alkyl halides is 1. The van der Waals surface area contributed by atoms with Crippen LogP contribution in [-0.4, -0.2) is 15.9 Å². The number of carboxylic acids is 1. The number of halogens is 1. The molecule has 0 aliphatic heterocycles. The van der Waals surface area contributed by atoms with E-state index in [1.165, 1.54) is 0 Å². The van der Waals surface area contributed by atoms with Crippen LogP contribution < -0.4 is 0 Å². The first kappa shape index (κ1) is 9.69. The van der Waals surface area contributed by atoms with Crippen molar-refractivity contribution < 1.29 is 9.90 Å². The smallest absolute Gasteiger partial charge is 0.317 e. The second-order valence-corrected chi connectivity index (χ2v) is 3.11. The van der Waals surface area contributed by atoms with E-state index in [4.69, 9.17) is 5.11 Å². The molecule has 0 radical (unpaired) electrons. The third-order valence-corrected chi connectivity index (χ3v) is 2.42. The highest BCUT2D eigenvalue weighted by Crippen LogP contribution is 2.13. The van der Waals surface area contributed by atoms with Crippen LogP contribution in [0.5, 0.6) is 0 Å². The minimum atomic E-state index is -0.814. The van der Waals surface area contributed by atoms with E-state index in [2.05, 4.69) is 15.9 Å². The Balaban J connectivity index is 3.93. The van der Waals surface area contributed by atoms with Gasteiger partial charge in [-0.2, -0.15) is 0 Å². The zero-order chi connectivity index (χ0) is 8.15. The second kappa shape index (κ2) is 4.50. The molecule has 0 saturated heterocycles. The molecule has 0 amide bonds. The molecule has 0 saturated carbocycles. The Bertz CT molecular complexity index is 143. The molecule has 0 bridgehead atoms. The molecule has 0 aliphatic carbocycles. The normalized spacial score (nSPS) is 17.1. The fourth-order valence-electron chi connectivity index (χ4n) is 0.626. The van der Waals surface area contributed by atoms with E-state index in [9.17, 15) is 4.79 Å². The van der Waals surface area contributed by atoms with Gasteiger partial charge < -0.3 is 5.11 Å². The standard InChI is InChI=1S/C7H11BrO2/c1-3-4-5(2)6(8)7(9)10/h3-6H,1-2H3,(H,9,10)/b4-3+/t5-,6-/m0/s1. The van der Waals surface area contributed by atoms with Crippen molar-refractivity contribution in [3.8, 4) is 0 Å². The fourth-order valence-corrected chi connectivity index (χ4v) is 0.802. The summed E-state index contributed by atoms with van der Waals surface area (Å²) in [6.45, 7) is 3.73. The molecule has 2 atom stereocenters. The van der Waals surface area contributed by atoms with Gasteiger partial charge in [0.15, 0.2) is 0 Å². The number of aliphatic carboxylic acids is 1. The highest BCUT2D eigenvalue weighted by Gasteiger charge is 2.17. The minimum Gasteiger partial charge on any atom is -0.480 e. The van der Waals surface area contributed by atoms with Crippen LogP contribution in [0.3, 0.4) is 0 Å². The Morgan fingerprint density at radius 2 is 2.20 bits per heavy atom. The highest BCUT2D eigenvalue weighted by atomic mass is 79.9. The lowest BCUT2D eigenvalue weighted by Gasteiger charge is -2.08. The van der Waals surface area contributed by atoms with Crippen LogP contribution in [0, 0.1) is 5.92 Å². The van der Waals surface area contributed by atoms with E-state index >= 15 is 0 Å². The molecule has 1 N–H and O–H groups in total. The molecule has 2 nitrogen and oxygen atoms in total. The third kappa shape index (κ3) is 3.01. The van der Waals surface area contributed by atoms with Crippen LogP contribution in [0.2, 0.25) is 0 Å². The molecule has 0 fully saturated rings. The lowest BCUT2D eigenvalue weighted by molar-refractivity contribution is -0.136. The molecule has 0 aromatic carbocycles. The van der Waals surface area contributed by atoms with E-state index in [1.807, 2.05) is 26.0 Å². The van der Waals surface area contributed by atoms with Gasteiger partial charge in [-0.15, -0.1) is 0 Å². The average Bonchev–Trinajstić information content (AvgIpc) is 1.87. The maximum Gasteiger partial charge on any atom is 0.317 e. The summed E-state index contributed by atoms with van der Waals surface area (Å²) >= 11 is 3.06. The molecule has 0 heterocycles. The Hall–Kier alpha value is -0.310. The molecule has 58 valence electrons. The molecular weight excluding hydrogens is 196 g/mol. The Morgan fingerprint density at radius 1 is 1.70 bits per heavy atom. The van der Waals surface area contributed by atoms with Gasteiger partial charge >= 0.3 is 5.97 Å². The summed E-state index contributed by atoms with van der Waals surface area (Å²) in [5.41, 5.74) is 0. The van der Waals surface area contributed by atoms with Crippen molar-refractivity contribution in [2.45, 2.75) is 18.7 Å². The van der Waals surface area contributed by atoms with Gasteiger partial charge in [0.2, 0.25) is 0 Å². The summed E-state index contributed by atoms with van der Waals surface area (Å²) in [6, 6.07) is 0. The molecule has 10 heavy (non-hydrogen) atoms. The fraction of sp³-hybridized carbons (Fsp3) is 0.571. The number of carboxylic acid groups (broad SMARTS) is 1. The summed E-state index contributed by atoms with van der Waals surface area (Å²) in [7, 11) is 0. The highest BCUT2D eigenvalue weighted by molar-refractivity contribution is 9.10. The topological polar surface area (TPSA) is 37.3 Å². The average molecular weight is 207 g/mol. The zero-order valence-electron chi connectivity index (χ0n) is 6.04. The van der Waals surface area contributed by atoms with Crippen molar-refractivity contribution in [2.24, 2.45) is 5.92 Å². The summed E-state index contributed by atoms with van der Waals surface area (Å²) in [6.07, 6.45) is 3.70. The number of rotatable bonds is 3. The van der Waals surface area contributed by atoms with E-state index in [1.54, 1.807) is 0 Å². The van der Waals surface area contributed by atoms with E-state index in [0.717, 1.165) is 0 Å². The van der Waals surface area contributed by atoms with Crippen molar-refractivity contribution in [3.05, 3.63) is 12.2 Å². The van der Waals surface area contributed by atoms with Crippen LogP contribution in [-0.2, 0) is 4.79 Å². The van der Waals surface area contributed by atoms with Crippen LogP contribution in [0.25, 0.3) is 0 Å². The summed E-state index contributed by atoms with van der Waals surface area (Å²) in [5, 5.41) is 8.50. The molecule has 0 aromatic rings. The van der Waals surface area contributed by atoms with Crippen LogP contribution in [0.1, 0.15) is 13.8 Å². The van der Waals surface area contributed by atoms with E-state index in [0.29, 0.717) is 0 Å². The summed E-state index contributed by atoms with van der Waals surface area (Å²) in [4.78, 5) is 9.87. The van der Waals surface area contributed by atoms with Gasteiger partial charge in [-0.3, -0.25) is 4.79 Å². The van der Waals surface area contributed by atoms with Crippen molar-refractivity contribution >= 4 is 21.9 Å². The van der Waals surface area contributed by atoms with E-state index in [-0.39, 0.29) is 5.92 Å². The zero-order valence-corrected chi connectivity index (χ0v) is 7.63. The lowest BCUT2D eigenvalue weighted by Crippen LogP contribution is -2.19. The van der Waals surface area contributed by atoms with Gasteiger partial charge in [0.25, 0.3) is 0 Å². The van der Waals surface area contributed by atoms with Crippen LogP contribution in [0.15, 0.2) is 12.2 Å². The molecule has 3 heteroatoms. The monoisotopic (exact) mass is 206 g/mol. The number of allylic oxidation sites excluding steroid dienone is 2. The predicted octanol–water partition coefficient (Wildman–Crippen LogP) is 2.05. The Labute approximate surface area is 69.1 Å². The molecule has 0 spiro atoms. The first-order chi connectivity index (χ1) is 4.59. The van der Waals surface area contributed by atoms with Crippen LogP contribution >= 0.6 is 15.9 Å². The van der Waals surface area contributed by atoms with E-state index < -0.39 is 10.8 Å². The first-order valence-electron chi connectivity index (χ1n) is 3.09. The maximum absolute atomic E-state index is 10.3. The van der Waals surface area contributed by atoms with Gasteiger partial charge in [0.05, 0.1) is 0 Å². The predicted molar refractivity (Wildman–Crippen MR) is 44.3 cm³/mol. The minimum absolute atomic E-state index is 0.0440. The summed E-state index contributed by atoms with van der Waals surface area (Å²) in [5.74, 6) is -0.770. The van der Waals surface area contributed by atoms with Crippen LogP contribution in [0.4, 0.5) is 0 Å². The lowest BCUT2D eigenvalue weighted by atomic mass is 10.1. The van der Waals surface area contributed by atoms with Crippen molar-refractivity contribution in [3.63, 3.8) is 0 Å². The first-order valence-corrected chi connectivity index (χ1v) is 4.01. The Kier molecular flexibility index (Phi) is 4.36. The SMILES string of the molecule is C/C=C/[C@H](C)[C@H](Br)C(=O)O. The second-order valence-electron chi connectivity index (χ2n) is 2.12. The molecule has 0 rings (SSSR count). The van der Waals surface area contributed by atoms with Gasteiger partial charge in [0.1, 0.15) is 4.83 Å². The summed E-state index contributed by atoms with van der Waals surface area (Å²) < 4.78 is 0. The van der Waals surface area contributed by atoms with Gasteiger partial charge in [-0.05, 0) is 12.8 Å². The number of hydrogen-bond donors (Lipinski definition) is 1. The Morgan fingerprint density at radius 3 is 2.50 bits per heavy atom. The van der Waals surface area contributed by atoms with Crippen molar-refractivity contribution in [2.75, 3.05) is 0 Å². The van der Waals surface area contributed by atoms with Crippen molar-refractivity contribution in [1.82, 2.24) is 0 Å². The molecule has 0 aliphatic rings. The third-order valence-electron chi connectivity index (χ3n) is 1.19. The van der Waals surface area contributed by atoms with Gasteiger partial charge in [-0.25, -0.2) is 0 Å². The number of hydrogen-bond acceptors (Lipinski definition) is 1. The number of carbonyl (C=O) groups is 1. The largest absolute Gasteiger partial charge is 0.480 e. The molecule has 0 unspecified atom stereocenters. The quantitative estimate of drug-likeness (QED) is 0.568. The van der Waals surface area contributed by atoms with Gasteiger partial charge in [-0.1, -0.05) is 35.0 Å². The van der Waals surface area contributed by atoms with Gasteiger partial charge in [0, 0.05) is 0 Å². The molecular formula is C7H11BrO2. The van der Waals surface area contributed by atoms with Crippen molar-refractivity contribution in [1.29, 1.82) is 0 Å².